The summed E-state index contributed by atoms with van der Waals surface area (Å²) in [6, 6.07) is 9.58. The summed E-state index contributed by atoms with van der Waals surface area (Å²) < 4.78 is 18.4. The van der Waals surface area contributed by atoms with Crippen molar-refractivity contribution in [3.05, 3.63) is 53.6 Å². The lowest BCUT2D eigenvalue weighted by atomic mass is 9.79. The van der Waals surface area contributed by atoms with E-state index in [2.05, 4.69) is 12.2 Å². The van der Waals surface area contributed by atoms with Crippen LogP contribution < -0.4 is 0 Å². The maximum absolute atomic E-state index is 13.3. The summed E-state index contributed by atoms with van der Waals surface area (Å²) in [7, 11) is 0.270. The number of benzene rings is 1. The van der Waals surface area contributed by atoms with Crippen LogP contribution in [0.25, 0.3) is 0 Å². The predicted molar refractivity (Wildman–Crippen MR) is 91.5 cm³/mol. The Bertz CT molecular complexity index is 794. The lowest BCUT2D eigenvalue weighted by Crippen LogP contribution is -2.39. The van der Waals surface area contributed by atoms with E-state index in [0.717, 1.165) is 17.7 Å². The monoisotopic (exact) mass is 340 g/mol. The molecule has 0 amide bonds. The predicted octanol–water partition coefficient (Wildman–Crippen LogP) is 3.10. The molecule has 0 N–H and O–H groups in total. The number of carbonyl (C=O) groups is 1. The fourth-order valence-corrected chi connectivity index (χ4v) is 7.52. The molecule has 24 heavy (non-hydrogen) atoms. The number of methoxy groups -OCH3 is 1. The van der Waals surface area contributed by atoms with E-state index in [1.807, 2.05) is 30.3 Å². The second kappa shape index (κ2) is 5.16. The zero-order valence-corrected chi connectivity index (χ0v) is 14.4. The molecule has 4 heteroatoms. The minimum Gasteiger partial charge on any atom is -0.469 e. The molecule has 0 saturated heterocycles. The smallest absolute Gasteiger partial charge is 0.310 e. The molecule has 0 unspecified atom stereocenters. The summed E-state index contributed by atoms with van der Waals surface area (Å²) in [6.45, 7) is 0. The highest BCUT2D eigenvalue weighted by Crippen LogP contribution is 2.64. The minimum absolute atomic E-state index is 0.142. The summed E-state index contributed by atoms with van der Waals surface area (Å²) in [5.74, 6) is 1.10. The first-order valence-electron chi connectivity index (χ1n) is 8.66. The molecular weight excluding hydrogens is 320 g/mol. The van der Waals surface area contributed by atoms with E-state index in [1.165, 1.54) is 18.3 Å². The average molecular weight is 340 g/mol. The van der Waals surface area contributed by atoms with Crippen LogP contribution in [0.4, 0.5) is 0 Å². The molecular formula is C20H20O3S. The van der Waals surface area contributed by atoms with Gasteiger partial charge in [0.15, 0.2) is 0 Å². The summed E-state index contributed by atoms with van der Waals surface area (Å²) in [5, 5.41) is -0.142. The number of hydrogen-bond donors (Lipinski definition) is 0. The second-order valence-electron chi connectivity index (χ2n) is 7.32. The van der Waals surface area contributed by atoms with Crippen LogP contribution in [0.3, 0.4) is 0 Å². The fraction of sp³-hybridized carbons (Fsp3) is 0.450. The highest BCUT2D eigenvalue weighted by molar-refractivity contribution is 7.85. The topological polar surface area (TPSA) is 43.4 Å². The molecule has 1 aromatic rings. The Morgan fingerprint density at radius 2 is 1.71 bits per heavy atom. The number of carbonyl (C=O) groups excluding carboxylic acids is 1. The Morgan fingerprint density at radius 1 is 1.04 bits per heavy atom. The first-order valence-corrected chi connectivity index (χ1v) is 9.87. The van der Waals surface area contributed by atoms with E-state index in [0.29, 0.717) is 11.8 Å². The van der Waals surface area contributed by atoms with Crippen LogP contribution >= 0.6 is 0 Å². The largest absolute Gasteiger partial charge is 0.469 e. The summed E-state index contributed by atoms with van der Waals surface area (Å²) >= 11 is 0. The van der Waals surface area contributed by atoms with Gasteiger partial charge in [-0.3, -0.25) is 9.00 Å². The van der Waals surface area contributed by atoms with E-state index in [4.69, 9.17) is 4.74 Å². The number of fused-ring (bicyclic) bond motifs is 8. The van der Waals surface area contributed by atoms with Crippen LogP contribution in [0.1, 0.15) is 12.8 Å². The molecule has 7 atom stereocenters. The number of allylic oxidation sites excluding steroid dienone is 4. The van der Waals surface area contributed by atoms with Crippen molar-refractivity contribution in [3.8, 4) is 0 Å². The zero-order valence-electron chi connectivity index (χ0n) is 13.6. The quantitative estimate of drug-likeness (QED) is 0.482. The maximum Gasteiger partial charge on any atom is 0.310 e. The summed E-state index contributed by atoms with van der Waals surface area (Å²) in [5.41, 5.74) is 3.01. The van der Waals surface area contributed by atoms with Crippen molar-refractivity contribution in [1.82, 2.24) is 0 Å². The Morgan fingerprint density at radius 3 is 2.38 bits per heavy atom. The van der Waals surface area contributed by atoms with Crippen LogP contribution in [-0.4, -0.2) is 22.5 Å². The third-order valence-corrected chi connectivity index (χ3v) is 8.26. The molecule has 5 rings (SSSR count). The van der Waals surface area contributed by atoms with Gasteiger partial charge in [-0.05, 0) is 48.6 Å². The van der Waals surface area contributed by atoms with Crippen LogP contribution in [0.15, 0.2) is 58.5 Å². The Kier molecular flexibility index (Phi) is 3.15. The van der Waals surface area contributed by atoms with Gasteiger partial charge in [-0.25, -0.2) is 0 Å². The Hall–Kier alpha value is -1.68. The van der Waals surface area contributed by atoms with Crippen molar-refractivity contribution in [1.29, 1.82) is 0 Å². The maximum atomic E-state index is 13.3. The molecule has 124 valence electrons. The summed E-state index contributed by atoms with van der Waals surface area (Å²) in [6.07, 6.45) is 6.76. The van der Waals surface area contributed by atoms with E-state index < -0.39 is 10.8 Å². The van der Waals surface area contributed by atoms with Crippen LogP contribution in [-0.2, 0) is 20.3 Å². The molecule has 4 bridgehead atoms. The number of hydrogen-bond acceptors (Lipinski definition) is 3. The lowest BCUT2D eigenvalue weighted by Gasteiger charge is -2.33. The lowest BCUT2D eigenvalue weighted by molar-refractivity contribution is -0.146. The first-order chi connectivity index (χ1) is 11.7. The number of rotatable bonds is 3. The van der Waals surface area contributed by atoms with Crippen molar-refractivity contribution >= 4 is 16.8 Å². The van der Waals surface area contributed by atoms with Gasteiger partial charge < -0.3 is 4.74 Å². The molecule has 0 aliphatic heterocycles. The molecule has 1 saturated carbocycles. The second-order valence-corrected chi connectivity index (χ2v) is 8.93. The molecule has 4 aliphatic carbocycles. The van der Waals surface area contributed by atoms with Crippen molar-refractivity contribution < 1.29 is 13.7 Å². The van der Waals surface area contributed by atoms with Crippen LogP contribution in [0, 0.1) is 29.6 Å². The molecule has 0 radical (unpaired) electrons. The van der Waals surface area contributed by atoms with Crippen LogP contribution in [0.2, 0.25) is 0 Å². The SMILES string of the molecule is COC(=O)[C@H]1[C@@H]([S@](=O)c2ccccc2)[C@H]2C[C@H]1C1=C2[C@H]2C=C[C@H]1C2. The van der Waals surface area contributed by atoms with Gasteiger partial charge in [-0.2, -0.15) is 0 Å². The van der Waals surface area contributed by atoms with Gasteiger partial charge in [0.25, 0.3) is 0 Å². The Balaban J connectivity index is 1.58. The van der Waals surface area contributed by atoms with Crippen molar-refractivity contribution in [2.75, 3.05) is 7.11 Å². The van der Waals surface area contributed by atoms with Gasteiger partial charge in [-0.15, -0.1) is 0 Å². The van der Waals surface area contributed by atoms with E-state index in [1.54, 1.807) is 0 Å². The summed E-state index contributed by atoms with van der Waals surface area (Å²) in [4.78, 5) is 13.4. The van der Waals surface area contributed by atoms with Gasteiger partial charge in [0.1, 0.15) is 0 Å². The molecule has 0 aromatic heterocycles. The number of ether oxygens (including phenoxy) is 1. The highest BCUT2D eigenvalue weighted by Gasteiger charge is 2.61. The van der Waals surface area contributed by atoms with Crippen molar-refractivity contribution in [2.45, 2.75) is 23.0 Å². The molecule has 4 aliphatic rings. The van der Waals surface area contributed by atoms with E-state index in [-0.39, 0.29) is 29.0 Å². The third kappa shape index (κ3) is 1.78. The van der Waals surface area contributed by atoms with Gasteiger partial charge in [0.05, 0.1) is 29.1 Å². The van der Waals surface area contributed by atoms with E-state index in [9.17, 15) is 9.00 Å². The van der Waals surface area contributed by atoms with Gasteiger partial charge >= 0.3 is 5.97 Å². The van der Waals surface area contributed by atoms with Gasteiger partial charge in [-0.1, -0.05) is 41.5 Å². The highest BCUT2D eigenvalue weighted by atomic mass is 32.2. The normalized spacial score (nSPS) is 39.4. The number of esters is 1. The Labute approximate surface area is 144 Å². The van der Waals surface area contributed by atoms with E-state index >= 15 is 0 Å². The molecule has 1 aromatic carbocycles. The molecule has 0 spiro atoms. The first kappa shape index (κ1) is 14.6. The molecule has 0 heterocycles. The minimum atomic E-state index is -1.18. The standard InChI is InChI=1S/C20H20O3S/c1-23-20(21)18-14-10-15(17-12-8-7-11(9-12)16(14)17)19(18)24(22)13-5-3-2-4-6-13/h2-8,11-12,14-15,18-19H,9-10H2,1H3/t11-,12-,14-,15-,18+,19-,24+/m0/s1. The fourth-order valence-electron chi connectivity index (χ4n) is 5.65. The molecule has 3 nitrogen and oxygen atoms in total. The van der Waals surface area contributed by atoms with Crippen molar-refractivity contribution in [2.24, 2.45) is 29.6 Å². The zero-order chi connectivity index (χ0) is 16.4. The van der Waals surface area contributed by atoms with Gasteiger partial charge in [0, 0.05) is 4.90 Å². The average Bonchev–Trinajstić information content (AvgIpc) is 3.38. The van der Waals surface area contributed by atoms with Gasteiger partial charge in [0.2, 0.25) is 0 Å². The van der Waals surface area contributed by atoms with Crippen molar-refractivity contribution in [3.63, 3.8) is 0 Å². The molecule has 1 fully saturated rings. The third-order valence-electron chi connectivity index (χ3n) is 6.40. The van der Waals surface area contributed by atoms with Crippen LogP contribution in [0.5, 0.6) is 0 Å².